The number of carboxylic acids is 1. The van der Waals surface area contributed by atoms with Crippen molar-refractivity contribution in [2.45, 2.75) is 27.7 Å². The molecule has 186 valence electrons. The van der Waals surface area contributed by atoms with Crippen molar-refractivity contribution >= 4 is 35.0 Å². The van der Waals surface area contributed by atoms with Crippen LogP contribution in [-0.2, 0) is 0 Å². The largest absolute Gasteiger partial charge is 1.00 e. The summed E-state index contributed by atoms with van der Waals surface area (Å²) in [7, 11) is 0. The van der Waals surface area contributed by atoms with Crippen LogP contribution in [0.2, 0.25) is 0 Å². The van der Waals surface area contributed by atoms with Gasteiger partial charge < -0.3 is 26.8 Å². The quantitative estimate of drug-likeness (QED) is 0.304. The summed E-state index contributed by atoms with van der Waals surface area (Å²) in [5, 5.41) is 11.9. The number of rotatable bonds is 7. The maximum Gasteiger partial charge on any atom is 0.336 e. The van der Waals surface area contributed by atoms with E-state index in [1.165, 1.54) is 0 Å². The van der Waals surface area contributed by atoms with Crippen molar-refractivity contribution in [1.29, 1.82) is 0 Å². The van der Waals surface area contributed by atoms with Crippen LogP contribution in [0.1, 0.15) is 38.1 Å². The molecular weight excluding hydrogens is 483 g/mol. The molecule has 2 aliphatic rings. The number of carboxylic acid groups (broad SMARTS) is 1. The van der Waals surface area contributed by atoms with Crippen molar-refractivity contribution < 1.29 is 26.7 Å². The van der Waals surface area contributed by atoms with Gasteiger partial charge in [0, 0.05) is 47.4 Å². The van der Waals surface area contributed by atoms with Gasteiger partial charge in [0.05, 0.1) is 11.6 Å². The Balaban J connectivity index is 0.00000216. The molecule has 35 heavy (non-hydrogen) atoms. The highest BCUT2D eigenvalue weighted by atomic mass is 35.5. The number of hydrogen-bond acceptors (Lipinski definition) is 3. The normalized spacial score (nSPS) is 10.5. The minimum Gasteiger partial charge on any atom is -1.00 e. The molecule has 2 aromatic carbocycles. The Kier molecular flexibility index (Phi) is 9.75. The third-order valence-corrected chi connectivity index (χ3v) is 6.37. The van der Waals surface area contributed by atoms with Gasteiger partial charge >= 0.3 is 5.97 Å². The monoisotopic (exact) mass is 514 g/mol. The van der Waals surface area contributed by atoms with Crippen LogP contribution in [0.5, 0.6) is 0 Å². The highest BCUT2D eigenvalue weighted by molar-refractivity contribution is 6.07. The number of hydrogen-bond donors (Lipinski definition) is 1. The van der Waals surface area contributed by atoms with Crippen LogP contribution >= 0.6 is 12.4 Å². The maximum atomic E-state index is 12.1. The van der Waals surface area contributed by atoms with Crippen LogP contribution < -0.4 is 27.2 Å². The number of aromatic carboxylic acids is 1. The molecule has 0 aromatic heterocycles. The Hall–Kier alpha value is -3.02. The van der Waals surface area contributed by atoms with E-state index in [-0.39, 0.29) is 30.4 Å². The van der Waals surface area contributed by atoms with Crippen LogP contribution in [0.15, 0.2) is 65.1 Å². The average Bonchev–Trinajstić information content (AvgIpc) is 2.84. The van der Waals surface area contributed by atoms with E-state index in [2.05, 4.69) is 73.6 Å². The van der Waals surface area contributed by atoms with Gasteiger partial charge in [-0.2, -0.15) is 0 Å². The van der Waals surface area contributed by atoms with Gasteiger partial charge in [0.1, 0.15) is 24.4 Å². The molecule has 2 aromatic rings. The zero-order chi connectivity index (χ0) is 23.5. The van der Waals surface area contributed by atoms with E-state index < -0.39 is 5.97 Å². The lowest BCUT2D eigenvalue weighted by molar-refractivity contribution is -0.0000229. The summed E-state index contributed by atoms with van der Waals surface area (Å²) >= 11 is 0. The Morgan fingerprint density at radius 1 is 0.914 bits per heavy atom. The third-order valence-electron chi connectivity index (χ3n) is 6.37. The van der Waals surface area contributed by atoms with Gasteiger partial charge in [-0.15, -0.1) is 12.4 Å². The number of nitrogens with zero attached hydrogens (tertiary/aromatic N) is 2. The van der Waals surface area contributed by atoms with Crippen molar-refractivity contribution in [2.24, 2.45) is 0 Å². The summed E-state index contributed by atoms with van der Waals surface area (Å²) in [6.45, 7) is 12.1. The fourth-order valence-electron chi connectivity index (χ4n) is 4.62. The molecule has 0 spiro atoms. The van der Waals surface area contributed by atoms with Crippen molar-refractivity contribution in [3.8, 4) is 22.5 Å². The molecule has 0 bridgehead atoms. The van der Waals surface area contributed by atoms with Gasteiger partial charge in [0.15, 0.2) is 0 Å². The summed E-state index contributed by atoms with van der Waals surface area (Å²) < 4.78 is 8.74. The second-order valence-electron chi connectivity index (χ2n) is 8.03. The Bertz CT molecular complexity index is 1350. The Labute approximate surface area is 218 Å². The molecule has 0 radical (unpaired) electrons. The fraction of sp³-hybridized carbons (Fsp3) is 0.286. The van der Waals surface area contributed by atoms with E-state index in [1.807, 2.05) is 12.1 Å². The molecule has 5 nitrogen and oxygen atoms in total. The zero-order valence-corrected chi connectivity index (χ0v) is 22.1. The summed E-state index contributed by atoms with van der Waals surface area (Å²) in [6, 6.07) is 19.6. The van der Waals surface area contributed by atoms with Crippen LogP contribution in [0, 0.1) is 0 Å². The first-order valence-corrected chi connectivity index (χ1v) is 11.7. The highest BCUT2D eigenvalue weighted by Gasteiger charge is 2.22. The SMILES string of the molecule is CCN(CC)c1ccc2c(-c3ccccc3C(=O)O)c3ccc(=[N+](CC)CC)cc-3oc2c1.Cl.[Cl-]. The number of anilines is 1. The second kappa shape index (κ2) is 12.1. The molecule has 0 atom stereocenters. The first-order valence-electron chi connectivity index (χ1n) is 11.7. The summed E-state index contributed by atoms with van der Waals surface area (Å²) in [5.74, 6) is -0.189. The molecule has 7 heteroatoms. The van der Waals surface area contributed by atoms with E-state index in [4.69, 9.17) is 4.42 Å². The average molecular weight is 515 g/mol. The molecule has 0 amide bonds. The van der Waals surface area contributed by atoms with E-state index in [0.29, 0.717) is 5.56 Å². The summed E-state index contributed by atoms with van der Waals surface area (Å²) in [6.07, 6.45) is 0. The molecule has 4 rings (SSSR count). The molecule has 1 heterocycles. The van der Waals surface area contributed by atoms with Crippen LogP contribution in [0.25, 0.3) is 33.4 Å². The fourth-order valence-corrected chi connectivity index (χ4v) is 4.62. The number of carbonyl (C=O) groups is 1. The number of benzene rings is 3. The van der Waals surface area contributed by atoms with Gasteiger partial charge in [-0.05, 0) is 57.5 Å². The summed E-state index contributed by atoms with van der Waals surface area (Å²) in [4.78, 5) is 14.3. The molecule has 0 saturated carbocycles. The molecule has 0 fully saturated rings. The Morgan fingerprint density at radius 3 is 2.23 bits per heavy atom. The molecule has 1 aliphatic heterocycles. The standard InChI is InChI=1S/C28H30N2O3.2ClH/c1-5-29(6-2)19-13-15-23-25(17-19)33-26-18-20(30(7-3)8-4)14-16-24(26)27(23)21-11-9-10-12-22(21)28(31)32;;/h9-18H,5-8H2,1-4H3;2*1H. The Morgan fingerprint density at radius 2 is 1.60 bits per heavy atom. The predicted octanol–water partition coefficient (Wildman–Crippen LogP) is 2.99. The van der Waals surface area contributed by atoms with E-state index in [0.717, 1.165) is 65.1 Å². The number of fused-ring (bicyclic) bond motifs is 2. The molecule has 0 saturated heterocycles. The van der Waals surface area contributed by atoms with Crippen LogP contribution in [-0.4, -0.2) is 37.3 Å². The number of halogens is 2. The lowest BCUT2D eigenvalue weighted by Crippen LogP contribution is -3.00. The predicted molar refractivity (Wildman–Crippen MR) is 142 cm³/mol. The molecule has 1 N–H and O–H groups in total. The third kappa shape index (κ3) is 5.31. The minimum absolute atomic E-state index is 0. The zero-order valence-electron chi connectivity index (χ0n) is 20.5. The minimum atomic E-state index is -0.938. The van der Waals surface area contributed by atoms with Gasteiger partial charge in [-0.25, -0.2) is 9.37 Å². The van der Waals surface area contributed by atoms with Gasteiger partial charge in [0.25, 0.3) is 0 Å². The molecule has 0 unspecified atom stereocenters. The van der Waals surface area contributed by atoms with Gasteiger partial charge in [0.2, 0.25) is 5.36 Å². The lowest BCUT2D eigenvalue weighted by Gasteiger charge is -2.22. The van der Waals surface area contributed by atoms with Gasteiger partial charge in [-0.1, -0.05) is 18.2 Å². The highest BCUT2D eigenvalue weighted by Crippen LogP contribution is 2.42. The van der Waals surface area contributed by atoms with E-state index >= 15 is 0 Å². The first kappa shape index (κ1) is 28.2. The lowest BCUT2D eigenvalue weighted by atomic mass is 9.90. The van der Waals surface area contributed by atoms with Gasteiger partial charge in [-0.3, -0.25) is 0 Å². The van der Waals surface area contributed by atoms with Crippen LogP contribution in [0.4, 0.5) is 5.69 Å². The second-order valence-corrected chi connectivity index (χ2v) is 8.03. The van der Waals surface area contributed by atoms with Crippen molar-refractivity contribution in [3.63, 3.8) is 0 Å². The first-order chi connectivity index (χ1) is 16.0. The smallest absolute Gasteiger partial charge is 0.336 e. The van der Waals surface area contributed by atoms with Crippen molar-refractivity contribution in [2.75, 3.05) is 31.1 Å². The van der Waals surface area contributed by atoms with E-state index in [1.54, 1.807) is 12.1 Å². The van der Waals surface area contributed by atoms with Crippen LogP contribution in [0.3, 0.4) is 0 Å². The summed E-state index contributed by atoms with van der Waals surface area (Å²) in [5.41, 5.74) is 4.62. The van der Waals surface area contributed by atoms with Crippen molar-refractivity contribution in [3.05, 3.63) is 71.6 Å². The maximum absolute atomic E-state index is 12.1. The molecule has 1 aliphatic carbocycles. The van der Waals surface area contributed by atoms with Crippen molar-refractivity contribution in [1.82, 2.24) is 4.58 Å². The van der Waals surface area contributed by atoms with E-state index in [9.17, 15) is 9.90 Å². The molecular formula is C28H32Cl2N2O3. The topological polar surface area (TPSA) is 56.7 Å².